The molecule has 1 unspecified atom stereocenters. The third-order valence-corrected chi connectivity index (χ3v) is 4.50. The number of rotatable bonds is 5. The minimum Gasteiger partial charge on any atom is -0.465 e. The first-order chi connectivity index (χ1) is 11.6. The number of carbonyl (C=O) groups excluding carboxylic acids is 1. The molecule has 9 heteroatoms. The summed E-state index contributed by atoms with van der Waals surface area (Å²) in [5.41, 5.74) is 0.841. The fourth-order valence-corrected chi connectivity index (χ4v) is 3.13. The van der Waals surface area contributed by atoms with E-state index in [4.69, 9.17) is 16.1 Å². The second kappa shape index (κ2) is 6.98. The van der Waals surface area contributed by atoms with Crippen LogP contribution in [-0.2, 0) is 4.74 Å². The van der Waals surface area contributed by atoms with Gasteiger partial charge in [-0.05, 0) is 19.1 Å². The molecular weight excluding hydrogens is 352 g/mol. The van der Waals surface area contributed by atoms with E-state index in [1.165, 1.54) is 7.11 Å². The molecule has 3 rings (SSSR count). The largest absolute Gasteiger partial charge is 0.465 e. The highest BCUT2D eigenvalue weighted by Crippen LogP contribution is 2.30. The fourth-order valence-electron chi connectivity index (χ4n) is 1.94. The summed E-state index contributed by atoms with van der Waals surface area (Å²) in [7, 11) is 1.29. The second-order valence-electron chi connectivity index (χ2n) is 4.82. The molecule has 1 aromatic carbocycles. The summed E-state index contributed by atoms with van der Waals surface area (Å²) in [4.78, 5) is 20.3. The number of hydrogen-bond donors (Lipinski definition) is 1. The van der Waals surface area contributed by atoms with E-state index in [0.717, 1.165) is 16.9 Å². The van der Waals surface area contributed by atoms with Gasteiger partial charge in [-0.15, -0.1) is 0 Å². The normalized spacial score (nSPS) is 12.0. The molecule has 0 amide bonds. The summed E-state index contributed by atoms with van der Waals surface area (Å²) in [6.45, 7) is 1.85. The number of carbonyl (C=O) groups is 1. The van der Waals surface area contributed by atoms with Crippen molar-refractivity contribution in [2.24, 2.45) is 0 Å². The minimum absolute atomic E-state index is 0.0969. The molecule has 124 valence electrons. The number of esters is 1. The van der Waals surface area contributed by atoms with Gasteiger partial charge in [-0.1, -0.05) is 46.3 Å². The maximum absolute atomic E-state index is 11.6. The van der Waals surface area contributed by atoms with Crippen LogP contribution in [0.2, 0.25) is 5.15 Å². The van der Waals surface area contributed by atoms with Crippen molar-refractivity contribution in [2.45, 2.75) is 13.0 Å². The maximum Gasteiger partial charge on any atom is 0.351 e. The Labute approximate surface area is 146 Å². The highest BCUT2D eigenvalue weighted by Gasteiger charge is 2.20. The monoisotopic (exact) mass is 364 g/mol. The van der Waals surface area contributed by atoms with Crippen LogP contribution in [-0.4, -0.2) is 28.2 Å². The van der Waals surface area contributed by atoms with E-state index in [0.29, 0.717) is 16.8 Å². The van der Waals surface area contributed by atoms with Crippen LogP contribution in [0.25, 0.3) is 11.5 Å². The van der Waals surface area contributed by atoms with Gasteiger partial charge in [0.1, 0.15) is 0 Å². The van der Waals surface area contributed by atoms with E-state index in [2.05, 4.69) is 25.2 Å². The van der Waals surface area contributed by atoms with Crippen molar-refractivity contribution in [1.82, 2.24) is 15.1 Å². The average Bonchev–Trinajstić information content (AvgIpc) is 3.22. The molecule has 0 bridgehead atoms. The van der Waals surface area contributed by atoms with E-state index in [1.807, 2.05) is 37.3 Å². The van der Waals surface area contributed by atoms with Gasteiger partial charge in [0, 0.05) is 5.56 Å². The van der Waals surface area contributed by atoms with E-state index in [9.17, 15) is 4.79 Å². The van der Waals surface area contributed by atoms with Crippen LogP contribution in [0.15, 0.2) is 34.9 Å². The van der Waals surface area contributed by atoms with Crippen molar-refractivity contribution in [3.63, 3.8) is 0 Å². The Morgan fingerprint density at radius 1 is 1.33 bits per heavy atom. The first kappa shape index (κ1) is 16.4. The molecule has 0 saturated heterocycles. The molecule has 0 fully saturated rings. The van der Waals surface area contributed by atoms with E-state index in [1.54, 1.807) is 0 Å². The van der Waals surface area contributed by atoms with Gasteiger partial charge in [-0.2, -0.15) is 4.98 Å². The number of benzene rings is 1. The lowest BCUT2D eigenvalue weighted by atomic mass is 10.2. The zero-order valence-electron chi connectivity index (χ0n) is 12.8. The van der Waals surface area contributed by atoms with E-state index in [-0.39, 0.29) is 16.1 Å². The summed E-state index contributed by atoms with van der Waals surface area (Å²) < 4.78 is 9.93. The SMILES string of the molecule is COC(=O)c1sc(NC(C)c2noc(-c3ccccc3)n2)nc1Cl. The van der Waals surface area contributed by atoms with Crippen LogP contribution in [0.5, 0.6) is 0 Å². The molecule has 0 aliphatic rings. The molecule has 1 atom stereocenters. The molecule has 1 N–H and O–H groups in total. The Bertz CT molecular complexity index is 850. The summed E-state index contributed by atoms with van der Waals surface area (Å²) in [6, 6.07) is 9.20. The van der Waals surface area contributed by atoms with Gasteiger partial charge in [0.15, 0.2) is 21.0 Å². The van der Waals surface area contributed by atoms with Crippen molar-refractivity contribution in [3.8, 4) is 11.5 Å². The molecule has 0 aliphatic carbocycles. The number of thiazole rings is 1. The number of ether oxygens (including phenoxy) is 1. The Balaban J connectivity index is 1.75. The summed E-state index contributed by atoms with van der Waals surface area (Å²) >= 11 is 7.04. The lowest BCUT2D eigenvalue weighted by molar-refractivity contribution is 0.0606. The smallest absolute Gasteiger partial charge is 0.351 e. The quantitative estimate of drug-likeness (QED) is 0.688. The molecule has 24 heavy (non-hydrogen) atoms. The zero-order valence-corrected chi connectivity index (χ0v) is 14.4. The predicted octanol–water partition coefficient (Wildman–Crippen LogP) is 3.81. The lowest BCUT2D eigenvalue weighted by Crippen LogP contribution is -2.08. The van der Waals surface area contributed by atoms with Crippen LogP contribution >= 0.6 is 22.9 Å². The first-order valence-corrected chi connectivity index (χ1v) is 8.18. The molecule has 2 heterocycles. The molecule has 7 nitrogen and oxygen atoms in total. The average molecular weight is 365 g/mol. The summed E-state index contributed by atoms with van der Waals surface area (Å²) in [5.74, 6) is 0.385. The van der Waals surface area contributed by atoms with Gasteiger partial charge >= 0.3 is 5.97 Å². The van der Waals surface area contributed by atoms with Gasteiger partial charge in [0.2, 0.25) is 0 Å². The summed E-state index contributed by atoms with van der Waals surface area (Å²) in [6.07, 6.45) is 0. The van der Waals surface area contributed by atoms with Gasteiger partial charge in [-0.25, -0.2) is 9.78 Å². The number of aromatic nitrogens is 3. The van der Waals surface area contributed by atoms with Crippen molar-refractivity contribution in [2.75, 3.05) is 12.4 Å². The third-order valence-electron chi connectivity index (χ3n) is 3.15. The number of halogens is 1. The maximum atomic E-state index is 11.6. The van der Waals surface area contributed by atoms with Crippen molar-refractivity contribution < 1.29 is 14.1 Å². The van der Waals surface area contributed by atoms with Gasteiger partial charge < -0.3 is 14.6 Å². The van der Waals surface area contributed by atoms with E-state index < -0.39 is 5.97 Å². The second-order valence-corrected chi connectivity index (χ2v) is 6.18. The minimum atomic E-state index is -0.524. The van der Waals surface area contributed by atoms with E-state index >= 15 is 0 Å². The molecule has 0 aliphatic heterocycles. The van der Waals surface area contributed by atoms with Crippen LogP contribution in [0.4, 0.5) is 5.13 Å². The molecule has 0 saturated carbocycles. The fraction of sp³-hybridized carbons (Fsp3) is 0.200. The van der Waals surface area contributed by atoms with Gasteiger partial charge in [0.05, 0.1) is 13.2 Å². The topological polar surface area (TPSA) is 90.1 Å². The molecule has 2 aromatic heterocycles. The van der Waals surface area contributed by atoms with Crippen molar-refractivity contribution >= 4 is 34.0 Å². The van der Waals surface area contributed by atoms with Crippen LogP contribution in [0.3, 0.4) is 0 Å². The van der Waals surface area contributed by atoms with Crippen LogP contribution in [0, 0.1) is 0 Å². The van der Waals surface area contributed by atoms with Gasteiger partial charge in [-0.3, -0.25) is 0 Å². The third kappa shape index (κ3) is 3.39. The van der Waals surface area contributed by atoms with Gasteiger partial charge in [0.25, 0.3) is 5.89 Å². The van der Waals surface area contributed by atoms with Crippen molar-refractivity contribution in [1.29, 1.82) is 0 Å². The lowest BCUT2D eigenvalue weighted by Gasteiger charge is -2.07. The highest BCUT2D eigenvalue weighted by atomic mass is 35.5. The number of anilines is 1. The first-order valence-electron chi connectivity index (χ1n) is 6.98. The van der Waals surface area contributed by atoms with Crippen molar-refractivity contribution in [3.05, 3.63) is 46.2 Å². The summed E-state index contributed by atoms with van der Waals surface area (Å²) in [5, 5.41) is 7.63. The molecule has 0 radical (unpaired) electrons. The molecule has 3 aromatic rings. The number of nitrogens with one attached hydrogen (secondary N) is 1. The zero-order chi connectivity index (χ0) is 17.1. The Kier molecular flexibility index (Phi) is 4.77. The number of methoxy groups -OCH3 is 1. The molecular formula is C15H13ClN4O3S. The highest BCUT2D eigenvalue weighted by molar-refractivity contribution is 7.18. The Hall–Kier alpha value is -2.45. The Morgan fingerprint density at radius 2 is 2.08 bits per heavy atom. The standard InChI is InChI=1S/C15H13ClN4O3S/c1-8(17-15-18-11(16)10(24-15)14(21)22-2)12-19-13(23-20-12)9-6-4-3-5-7-9/h3-8H,1-2H3,(H,17,18). The Morgan fingerprint density at radius 3 is 2.79 bits per heavy atom. The van der Waals surface area contributed by atoms with Crippen LogP contribution in [0.1, 0.15) is 28.5 Å². The molecule has 0 spiro atoms. The van der Waals surface area contributed by atoms with Crippen LogP contribution < -0.4 is 5.32 Å². The number of nitrogens with zero attached hydrogens (tertiary/aromatic N) is 3. The number of hydrogen-bond acceptors (Lipinski definition) is 8. The predicted molar refractivity (Wildman–Crippen MR) is 90.2 cm³/mol.